The number of halogens is 1. The number of aromatic nitrogens is 2. The minimum Gasteiger partial charge on any atom is -0.309 e. The number of carbonyl (C=O) groups is 1. The molecule has 6 nitrogen and oxygen atoms in total. The summed E-state index contributed by atoms with van der Waals surface area (Å²) in [5, 5.41) is 3.18. The molecule has 0 aliphatic carbocycles. The van der Waals surface area contributed by atoms with Gasteiger partial charge in [-0.2, -0.15) is 0 Å². The predicted molar refractivity (Wildman–Crippen MR) is 138 cm³/mol. The fraction of sp³-hybridized carbons (Fsp3) is 0.370. The van der Waals surface area contributed by atoms with Crippen molar-refractivity contribution in [3.05, 3.63) is 76.9 Å². The quantitative estimate of drug-likeness (QED) is 0.514. The summed E-state index contributed by atoms with van der Waals surface area (Å²) in [5.74, 6) is 0.814. The maximum Gasteiger partial charge on any atom is 0.239 e. The van der Waals surface area contributed by atoms with E-state index in [2.05, 4.69) is 70.1 Å². The summed E-state index contributed by atoms with van der Waals surface area (Å²) < 4.78 is 0. The molecule has 0 unspecified atom stereocenters. The molecule has 2 aromatic carbocycles. The summed E-state index contributed by atoms with van der Waals surface area (Å²) in [4.78, 5) is 26.0. The molecule has 3 aromatic rings. The lowest BCUT2D eigenvalue weighted by Gasteiger charge is -2.34. The number of amides is 1. The van der Waals surface area contributed by atoms with E-state index in [1.807, 2.05) is 30.3 Å². The largest absolute Gasteiger partial charge is 0.309 e. The lowest BCUT2D eigenvalue weighted by atomic mass is 9.87. The van der Waals surface area contributed by atoms with Crippen LogP contribution >= 0.6 is 11.6 Å². The van der Waals surface area contributed by atoms with Crippen molar-refractivity contribution in [3.8, 4) is 11.4 Å². The van der Waals surface area contributed by atoms with E-state index in [-0.39, 0.29) is 11.3 Å². The van der Waals surface area contributed by atoms with E-state index >= 15 is 0 Å². The number of rotatable bonds is 6. The standard InChI is InChI=1S/C27H32ClN5O/c1-27(2,3)22-11-9-20(10-12-22)18-32-13-15-33(16-14-32)19-25(34)30-24-17-23(28)29-26(31-24)21-7-5-4-6-8-21/h4-12,17H,13-16,18-19H2,1-3H3,(H,29,30,31,34). The van der Waals surface area contributed by atoms with E-state index in [1.54, 1.807) is 6.07 Å². The molecule has 0 spiro atoms. The van der Waals surface area contributed by atoms with Gasteiger partial charge in [0, 0.05) is 44.4 Å². The molecule has 178 valence electrons. The summed E-state index contributed by atoms with van der Waals surface area (Å²) in [6.45, 7) is 11.6. The van der Waals surface area contributed by atoms with Crippen LogP contribution in [0.15, 0.2) is 60.7 Å². The van der Waals surface area contributed by atoms with Gasteiger partial charge in [0.1, 0.15) is 11.0 Å². The summed E-state index contributed by atoms with van der Waals surface area (Å²) in [7, 11) is 0. The normalized spacial score (nSPS) is 15.3. The van der Waals surface area contributed by atoms with Gasteiger partial charge in [-0.1, -0.05) is 87.0 Å². The summed E-state index contributed by atoms with van der Waals surface area (Å²) in [6.07, 6.45) is 0. The van der Waals surface area contributed by atoms with Gasteiger partial charge >= 0.3 is 0 Å². The summed E-state index contributed by atoms with van der Waals surface area (Å²) >= 11 is 6.17. The molecule has 0 saturated carbocycles. The molecule has 1 aromatic heterocycles. The third-order valence-corrected chi connectivity index (χ3v) is 6.25. The first kappa shape index (κ1) is 24.3. The molecule has 1 aliphatic heterocycles. The highest BCUT2D eigenvalue weighted by atomic mass is 35.5. The van der Waals surface area contributed by atoms with Gasteiger partial charge in [-0.15, -0.1) is 0 Å². The van der Waals surface area contributed by atoms with E-state index in [0.717, 1.165) is 38.3 Å². The van der Waals surface area contributed by atoms with Crippen LogP contribution in [0.4, 0.5) is 5.82 Å². The zero-order chi connectivity index (χ0) is 24.1. The maximum atomic E-state index is 12.7. The number of anilines is 1. The van der Waals surface area contributed by atoms with Crippen molar-refractivity contribution in [2.24, 2.45) is 0 Å². The SMILES string of the molecule is CC(C)(C)c1ccc(CN2CCN(CC(=O)Nc3cc(Cl)nc(-c4ccccc4)n3)CC2)cc1. The Labute approximate surface area is 207 Å². The molecule has 1 N–H and O–H groups in total. The van der Waals surface area contributed by atoms with Crippen LogP contribution in [0.5, 0.6) is 0 Å². The lowest BCUT2D eigenvalue weighted by molar-refractivity contribution is -0.117. The number of nitrogens with one attached hydrogen (secondary N) is 1. The van der Waals surface area contributed by atoms with Crippen LogP contribution < -0.4 is 5.32 Å². The zero-order valence-corrected chi connectivity index (χ0v) is 20.8. The zero-order valence-electron chi connectivity index (χ0n) is 20.1. The first-order valence-electron chi connectivity index (χ1n) is 11.7. The third-order valence-electron chi connectivity index (χ3n) is 6.05. The van der Waals surface area contributed by atoms with E-state index in [9.17, 15) is 4.79 Å². The van der Waals surface area contributed by atoms with Crippen molar-refractivity contribution in [1.82, 2.24) is 19.8 Å². The second-order valence-electron chi connectivity index (χ2n) is 9.81. The van der Waals surface area contributed by atoms with Gasteiger partial charge in [0.25, 0.3) is 0 Å². The Morgan fingerprint density at radius 3 is 2.24 bits per heavy atom. The third kappa shape index (κ3) is 6.63. The highest BCUT2D eigenvalue weighted by Crippen LogP contribution is 2.23. The van der Waals surface area contributed by atoms with E-state index < -0.39 is 0 Å². The van der Waals surface area contributed by atoms with Gasteiger partial charge in [0.15, 0.2) is 5.82 Å². The number of benzene rings is 2. The Kier molecular flexibility index (Phi) is 7.61. The molecule has 2 heterocycles. The average molecular weight is 478 g/mol. The molecule has 1 saturated heterocycles. The molecule has 0 atom stereocenters. The van der Waals surface area contributed by atoms with Crippen molar-refractivity contribution >= 4 is 23.3 Å². The fourth-order valence-corrected chi connectivity index (χ4v) is 4.24. The monoisotopic (exact) mass is 477 g/mol. The number of nitrogens with zero attached hydrogens (tertiary/aromatic N) is 4. The van der Waals surface area contributed by atoms with E-state index in [1.165, 1.54) is 11.1 Å². The van der Waals surface area contributed by atoms with Crippen molar-refractivity contribution in [2.75, 3.05) is 38.0 Å². The number of hydrogen-bond donors (Lipinski definition) is 1. The first-order valence-corrected chi connectivity index (χ1v) is 12.1. The van der Waals surface area contributed by atoms with Gasteiger partial charge in [0.05, 0.1) is 6.54 Å². The molecule has 34 heavy (non-hydrogen) atoms. The lowest BCUT2D eigenvalue weighted by Crippen LogP contribution is -2.48. The van der Waals surface area contributed by atoms with Crippen LogP contribution in [0, 0.1) is 0 Å². The average Bonchev–Trinajstić information content (AvgIpc) is 2.80. The molecule has 1 fully saturated rings. The Morgan fingerprint density at radius 1 is 0.941 bits per heavy atom. The van der Waals surface area contributed by atoms with E-state index in [4.69, 9.17) is 11.6 Å². The molecule has 0 bridgehead atoms. The number of hydrogen-bond acceptors (Lipinski definition) is 5. The van der Waals surface area contributed by atoms with Crippen molar-refractivity contribution in [1.29, 1.82) is 0 Å². The Morgan fingerprint density at radius 2 is 1.59 bits per heavy atom. The molecular formula is C27H32ClN5O. The molecule has 4 rings (SSSR count). The Balaban J connectivity index is 1.27. The maximum absolute atomic E-state index is 12.7. The molecule has 0 radical (unpaired) electrons. The minimum atomic E-state index is -0.0972. The molecular weight excluding hydrogens is 446 g/mol. The van der Waals surface area contributed by atoms with Gasteiger partial charge in [-0.05, 0) is 16.5 Å². The molecule has 7 heteroatoms. The highest BCUT2D eigenvalue weighted by molar-refractivity contribution is 6.29. The molecule has 1 aliphatic rings. The van der Waals surface area contributed by atoms with Crippen LogP contribution in [0.2, 0.25) is 5.15 Å². The van der Waals surface area contributed by atoms with Crippen LogP contribution in [0.3, 0.4) is 0 Å². The topological polar surface area (TPSA) is 61.4 Å². The van der Waals surface area contributed by atoms with Crippen molar-refractivity contribution in [2.45, 2.75) is 32.7 Å². The second-order valence-corrected chi connectivity index (χ2v) is 10.2. The van der Waals surface area contributed by atoms with Crippen molar-refractivity contribution in [3.63, 3.8) is 0 Å². The summed E-state index contributed by atoms with van der Waals surface area (Å²) in [5.41, 5.74) is 3.71. The first-order chi connectivity index (χ1) is 16.3. The van der Waals surface area contributed by atoms with Crippen molar-refractivity contribution < 1.29 is 4.79 Å². The smallest absolute Gasteiger partial charge is 0.239 e. The predicted octanol–water partition coefficient (Wildman–Crippen LogP) is 4.85. The van der Waals surface area contributed by atoms with Crippen LogP contribution in [0.25, 0.3) is 11.4 Å². The van der Waals surface area contributed by atoms with E-state index in [0.29, 0.717) is 23.3 Å². The second kappa shape index (κ2) is 10.6. The fourth-order valence-electron chi connectivity index (χ4n) is 4.06. The molecule has 1 amide bonds. The number of carbonyl (C=O) groups excluding carboxylic acids is 1. The highest BCUT2D eigenvalue weighted by Gasteiger charge is 2.20. The van der Waals surface area contributed by atoms with Gasteiger partial charge < -0.3 is 5.32 Å². The van der Waals surface area contributed by atoms with Gasteiger partial charge in [-0.25, -0.2) is 9.97 Å². The Bertz CT molecular complexity index is 1100. The minimum absolute atomic E-state index is 0.0972. The summed E-state index contributed by atoms with van der Waals surface area (Å²) in [6, 6.07) is 20.1. The number of piperazine rings is 1. The Hall–Kier alpha value is -2.80. The van der Waals surface area contributed by atoms with Crippen LogP contribution in [0.1, 0.15) is 31.9 Å². The van der Waals surface area contributed by atoms with Gasteiger partial charge in [-0.3, -0.25) is 14.6 Å². The van der Waals surface area contributed by atoms with Gasteiger partial charge in [0.2, 0.25) is 5.91 Å². The van der Waals surface area contributed by atoms with Crippen LogP contribution in [-0.2, 0) is 16.8 Å². The van der Waals surface area contributed by atoms with Crippen LogP contribution in [-0.4, -0.2) is 58.4 Å².